The second kappa shape index (κ2) is 7.19. The summed E-state index contributed by atoms with van der Waals surface area (Å²) in [6.45, 7) is 3.96. The molecule has 2 amide bonds. The standard InChI is InChI=1S/C15H13BrN2O2S/c1-2-8-17-14(19)10-3-5-11(6-4-10)18-15(20)13-12(16)7-9-21-13/h2-7,9H,1,8H2,(H,17,19)(H,18,20). The number of hydrogen-bond donors (Lipinski definition) is 2. The molecule has 0 spiro atoms. The van der Waals surface area contributed by atoms with Crippen molar-refractivity contribution in [2.75, 3.05) is 11.9 Å². The minimum atomic E-state index is -0.180. The molecular weight excluding hydrogens is 352 g/mol. The third kappa shape index (κ3) is 4.03. The molecule has 0 atom stereocenters. The normalized spacial score (nSPS) is 9.95. The van der Waals surface area contributed by atoms with Gasteiger partial charge in [0.25, 0.3) is 11.8 Å². The van der Waals surface area contributed by atoms with E-state index in [1.54, 1.807) is 30.3 Å². The Balaban J connectivity index is 2.02. The van der Waals surface area contributed by atoms with Gasteiger partial charge in [-0.2, -0.15) is 0 Å². The maximum atomic E-state index is 12.0. The van der Waals surface area contributed by atoms with E-state index in [1.807, 2.05) is 11.4 Å². The summed E-state index contributed by atoms with van der Waals surface area (Å²) in [5, 5.41) is 7.32. The van der Waals surface area contributed by atoms with Crippen LogP contribution in [0.3, 0.4) is 0 Å². The minimum Gasteiger partial charge on any atom is -0.349 e. The molecule has 0 unspecified atom stereocenters. The molecule has 0 radical (unpaired) electrons. The zero-order valence-corrected chi connectivity index (χ0v) is 13.5. The molecule has 4 nitrogen and oxygen atoms in total. The van der Waals surface area contributed by atoms with Crippen molar-refractivity contribution in [2.45, 2.75) is 0 Å². The Bertz CT molecular complexity index is 665. The first-order chi connectivity index (χ1) is 10.1. The monoisotopic (exact) mass is 364 g/mol. The summed E-state index contributed by atoms with van der Waals surface area (Å²) in [5.74, 6) is -0.352. The SMILES string of the molecule is C=CCNC(=O)c1ccc(NC(=O)c2sccc2Br)cc1. The first-order valence-corrected chi connectivity index (χ1v) is 7.82. The molecule has 0 bridgehead atoms. The van der Waals surface area contributed by atoms with Gasteiger partial charge in [-0.25, -0.2) is 0 Å². The summed E-state index contributed by atoms with van der Waals surface area (Å²) in [7, 11) is 0. The lowest BCUT2D eigenvalue weighted by Gasteiger charge is -2.06. The lowest BCUT2D eigenvalue weighted by atomic mass is 10.2. The van der Waals surface area contributed by atoms with E-state index in [2.05, 4.69) is 33.1 Å². The molecule has 6 heteroatoms. The second-order valence-electron chi connectivity index (χ2n) is 4.13. The van der Waals surface area contributed by atoms with Crippen molar-refractivity contribution in [3.8, 4) is 0 Å². The van der Waals surface area contributed by atoms with Crippen molar-refractivity contribution < 1.29 is 9.59 Å². The number of benzene rings is 1. The highest BCUT2D eigenvalue weighted by Gasteiger charge is 2.12. The number of thiophene rings is 1. The van der Waals surface area contributed by atoms with Crippen LogP contribution in [-0.2, 0) is 0 Å². The van der Waals surface area contributed by atoms with Crippen LogP contribution in [0.5, 0.6) is 0 Å². The molecule has 0 aliphatic rings. The van der Waals surface area contributed by atoms with Crippen LogP contribution in [0.15, 0.2) is 52.8 Å². The summed E-state index contributed by atoms with van der Waals surface area (Å²) < 4.78 is 0.769. The van der Waals surface area contributed by atoms with Gasteiger partial charge in [-0.3, -0.25) is 9.59 Å². The van der Waals surface area contributed by atoms with E-state index < -0.39 is 0 Å². The quantitative estimate of drug-likeness (QED) is 0.795. The first-order valence-electron chi connectivity index (χ1n) is 6.15. The highest BCUT2D eigenvalue weighted by molar-refractivity contribution is 9.10. The molecule has 2 aromatic rings. The number of nitrogens with one attached hydrogen (secondary N) is 2. The van der Waals surface area contributed by atoms with Crippen molar-refractivity contribution in [1.82, 2.24) is 5.32 Å². The van der Waals surface area contributed by atoms with Crippen molar-refractivity contribution >= 4 is 44.8 Å². The van der Waals surface area contributed by atoms with Crippen LogP contribution in [-0.4, -0.2) is 18.4 Å². The lowest BCUT2D eigenvalue weighted by molar-refractivity contribution is 0.0957. The summed E-state index contributed by atoms with van der Waals surface area (Å²) >= 11 is 4.69. The molecule has 0 saturated heterocycles. The van der Waals surface area contributed by atoms with Gasteiger partial charge in [0.05, 0.1) is 0 Å². The predicted molar refractivity (Wildman–Crippen MR) is 88.9 cm³/mol. The molecular formula is C15H13BrN2O2S. The van der Waals surface area contributed by atoms with E-state index in [0.717, 1.165) is 4.47 Å². The van der Waals surface area contributed by atoms with E-state index in [0.29, 0.717) is 22.7 Å². The van der Waals surface area contributed by atoms with Crippen LogP contribution in [0.2, 0.25) is 0 Å². The number of carbonyl (C=O) groups excluding carboxylic acids is 2. The third-order valence-electron chi connectivity index (χ3n) is 2.64. The van der Waals surface area contributed by atoms with Gasteiger partial charge in [0.1, 0.15) is 4.88 Å². The predicted octanol–water partition coefficient (Wildman–Crippen LogP) is 3.68. The van der Waals surface area contributed by atoms with Crippen LogP contribution < -0.4 is 10.6 Å². The Morgan fingerprint density at radius 3 is 2.48 bits per heavy atom. The van der Waals surface area contributed by atoms with Crippen LogP contribution in [0.1, 0.15) is 20.0 Å². The Kier molecular flexibility index (Phi) is 5.30. The zero-order valence-electron chi connectivity index (χ0n) is 11.1. The van der Waals surface area contributed by atoms with E-state index in [1.165, 1.54) is 11.3 Å². The van der Waals surface area contributed by atoms with Gasteiger partial charge >= 0.3 is 0 Å². The van der Waals surface area contributed by atoms with Gasteiger partial charge < -0.3 is 10.6 Å². The van der Waals surface area contributed by atoms with Gasteiger partial charge in [0.15, 0.2) is 0 Å². The minimum absolute atomic E-state index is 0.172. The smallest absolute Gasteiger partial charge is 0.266 e. The average Bonchev–Trinajstić information content (AvgIpc) is 2.91. The number of anilines is 1. The summed E-state index contributed by atoms with van der Waals surface area (Å²) in [6, 6.07) is 8.55. The molecule has 0 saturated carbocycles. The molecule has 1 aromatic heterocycles. The van der Waals surface area contributed by atoms with E-state index in [9.17, 15) is 9.59 Å². The Morgan fingerprint density at radius 2 is 1.90 bits per heavy atom. The molecule has 0 fully saturated rings. The lowest BCUT2D eigenvalue weighted by Crippen LogP contribution is -2.23. The number of rotatable bonds is 5. The van der Waals surface area contributed by atoms with Crippen molar-refractivity contribution in [3.63, 3.8) is 0 Å². The summed E-state index contributed by atoms with van der Waals surface area (Å²) in [6.07, 6.45) is 1.62. The van der Waals surface area contributed by atoms with Crippen molar-refractivity contribution in [1.29, 1.82) is 0 Å². The molecule has 108 valence electrons. The van der Waals surface area contributed by atoms with E-state index in [4.69, 9.17) is 0 Å². The first kappa shape index (κ1) is 15.5. The van der Waals surface area contributed by atoms with Gasteiger partial charge in [0, 0.05) is 22.3 Å². The fraction of sp³-hybridized carbons (Fsp3) is 0.0667. The van der Waals surface area contributed by atoms with Gasteiger partial charge in [-0.05, 0) is 51.6 Å². The highest BCUT2D eigenvalue weighted by atomic mass is 79.9. The van der Waals surface area contributed by atoms with Crippen LogP contribution >= 0.6 is 27.3 Å². The average molecular weight is 365 g/mol. The van der Waals surface area contributed by atoms with Gasteiger partial charge in [-0.1, -0.05) is 6.08 Å². The van der Waals surface area contributed by atoms with Crippen molar-refractivity contribution in [3.05, 3.63) is 63.3 Å². The Morgan fingerprint density at radius 1 is 1.19 bits per heavy atom. The van der Waals surface area contributed by atoms with Gasteiger partial charge in [-0.15, -0.1) is 17.9 Å². The van der Waals surface area contributed by atoms with Crippen LogP contribution in [0.4, 0.5) is 5.69 Å². The van der Waals surface area contributed by atoms with Crippen LogP contribution in [0, 0.1) is 0 Å². The summed E-state index contributed by atoms with van der Waals surface area (Å²) in [4.78, 5) is 24.4. The number of carbonyl (C=O) groups is 2. The topological polar surface area (TPSA) is 58.2 Å². The molecule has 1 aromatic carbocycles. The molecule has 1 heterocycles. The van der Waals surface area contributed by atoms with E-state index in [-0.39, 0.29) is 11.8 Å². The molecule has 21 heavy (non-hydrogen) atoms. The van der Waals surface area contributed by atoms with Gasteiger partial charge in [0.2, 0.25) is 0 Å². The molecule has 0 aliphatic carbocycles. The van der Waals surface area contributed by atoms with Crippen molar-refractivity contribution in [2.24, 2.45) is 0 Å². The van der Waals surface area contributed by atoms with Crippen LogP contribution in [0.25, 0.3) is 0 Å². The molecule has 0 aliphatic heterocycles. The fourth-order valence-corrected chi connectivity index (χ4v) is 3.06. The third-order valence-corrected chi connectivity index (χ3v) is 4.47. The van der Waals surface area contributed by atoms with E-state index >= 15 is 0 Å². The molecule has 2 rings (SSSR count). The summed E-state index contributed by atoms with van der Waals surface area (Å²) in [5.41, 5.74) is 1.17. The molecule has 2 N–H and O–H groups in total. The number of halogens is 1. The Hall–Kier alpha value is -1.92. The maximum Gasteiger partial charge on any atom is 0.266 e. The largest absolute Gasteiger partial charge is 0.349 e. The maximum absolute atomic E-state index is 12.0. The second-order valence-corrected chi connectivity index (χ2v) is 5.90. The highest BCUT2D eigenvalue weighted by Crippen LogP contribution is 2.23. The number of hydrogen-bond acceptors (Lipinski definition) is 3. The fourth-order valence-electron chi connectivity index (χ4n) is 1.62. The Labute approximate surface area is 135 Å². The number of amides is 2. The zero-order chi connectivity index (χ0) is 15.2.